The molecule has 1 saturated heterocycles. The minimum Gasteiger partial charge on any atom is -0.500 e. The van der Waals surface area contributed by atoms with Crippen molar-refractivity contribution in [3.05, 3.63) is 50.4 Å². The third-order valence-electron chi connectivity index (χ3n) is 6.48. The van der Waals surface area contributed by atoms with E-state index in [2.05, 4.69) is 5.32 Å². The van der Waals surface area contributed by atoms with Crippen molar-refractivity contribution in [3.63, 3.8) is 0 Å². The van der Waals surface area contributed by atoms with Crippen LogP contribution in [0.4, 0.5) is 5.69 Å². The van der Waals surface area contributed by atoms with Gasteiger partial charge in [-0.1, -0.05) is 0 Å². The summed E-state index contributed by atoms with van der Waals surface area (Å²) in [6.45, 7) is 3.08. The maximum Gasteiger partial charge on any atom is 0.314 e. The lowest BCUT2D eigenvalue weighted by molar-refractivity contribution is -0.386. The van der Waals surface area contributed by atoms with Gasteiger partial charge in [-0.05, 0) is 50.7 Å². The van der Waals surface area contributed by atoms with Crippen molar-refractivity contribution >= 4 is 17.4 Å². The third-order valence-corrected chi connectivity index (χ3v) is 6.48. The van der Waals surface area contributed by atoms with Crippen molar-refractivity contribution in [3.8, 4) is 11.5 Å². The highest BCUT2D eigenvalue weighted by molar-refractivity contribution is 6.05. The van der Waals surface area contributed by atoms with E-state index in [0.717, 1.165) is 25.0 Å². The highest BCUT2D eigenvalue weighted by Gasteiger charge is 2.41. The molecule has 0 radical (unpaired) electrons. The van der Waals surface area contributed by atoms with Gasteiger partial charge >= 0.3 is 5.69 Å². The molecule has 32 heavy (non-hydrogen) atoms. The molecule has 2 heterocycles. The number of nitro benzene ring substituents is 1. The van der Waals surface area contributed by atoms with Crippen LogP contribution in [-0.4, -0.2) is 46.8 Å². The number of piperidine rings is 1. The topological polar surface area (TPSA) is 122 Å². The SMILES string of the molecule is COc1cc([C@H]2C(C(=O)N3CCCCC3)=C(C)NC3=C2C(=O)CCC3)cc([N+](=O)[O-])c1O. The number of amides is 1. The molecule has 2 aliphatic heterocycles. The number of nitrogens with zero attached hydrogens (tertiary/aromatic N) is 2. The standard InChI is InChI=1S/C23H27N3O6/c1-13-19(23(29)25-9-4-3-5-10-25)20(21-15(24-13)7-6-8-17(21)27)14-11-16(26(30)31)22(28)18(12-14)32-2/h11-12,20,24,28H,3-10H2,1-2H3/t20-/m0/s1. The number of nitro groups is 1. The molecule has 9 heteroatoms. The number of phenolic OH excluding ortho intramolecular Hbond substituents is 1. The van der Waals surface area contributed by atoms with Gasteiger partial charge in [-0.15, -0.1) is 0 Å². The molecule has 4 rings (SSSR count). The molecule has 3 aliphatic rings. The monoisotopic (exact) mass is 441 g/mol. The van der Waals surface area contributed by atoms with Crippen LogP contribution in [0.1, 0.15) is 56.9 Å². The summed E-state index contributed by atoms with van der Waals surface area (Å²) in [7, 11) is 1.31. The van der Waals surface area contributed by atoms with E-state index in [9.17, 15) is 24.8 Å². The summed E-state index contributed by atoms with van der Waals surface area (Å²) in [4.78, 5) is 39.4. The molecule has 0 aromatic heterocycles. The van der Waals surface area contributed by atoms with Crippen LogP contribution in [0, 0.1) is 10.1 Å². The van der Waals surface area contributed by atoms with Gasteiger partial charge in [0.05, 0.1) is 12.0 Å². The number of Topliss-reactive ketones (excluding diaryl/α,β-unsaturated/α-hetero) is 1. The Balaban J connectivity index is 1.91. The fourth-order valence-corrected chi connectivity index (χ4v) is 4.94. The molecule has 2 N–H and O–H groups in total. The number of methoxy groups -OCH3 is 1. The number of phenols is 1. The number of ether oxygens (including phenoxy) is 1. The average Bonchev–Trinajstić information content (AvgIpc) is 2.78. The van der Waals surface area contributed by atoms with Crippen LogP contribution in [0.3, 0.4) is 0 Å². The first-order chi connectivity index (χ1) is 15.3. The summed E-state index contributed by atoms with van der Waals surface area (Å²) in [5.41, 5.74) is 2.16. The molecule has 0 spiro atoms. The van der Waals surface area contributed by atoms with Crippen molar-refractivity contribution < 1.29 is 24.4 Å². The smallest absolute Gasteiger partial charge is 0.314 e. The largest absolute Gasteiger partial charge is 0.500 e. The second-order valence-electron chi connectivity index (χ2n) is 8.47. The molecule has 1 aromatic rings. The van der Waals surface area contributed by atoms with Gasteiger partial charge in [0, 0.05) is 54.0 Å². The highest BCUT2D eigenvalue weighted by atomic mass is 16.6. The Kier molecular flexibility index (Phi) is 5.90. The van der Waals surface area contributed by atoms with Gasteiger partial charge in [-0.3, -0.25) is 19.7 Å². The first-order valence-electron chi connectivity index (χ1n) is 10.9. The number of benzene rings is 1. The number of aromatic hydroxyl groups is 1. The van der Waals surface area contributed by atoms with E-state index in [1.54, 1.807) is 11.8 Å². The molecule has 1 atom stereocenters. The Morgan fingerprint density at radius 1 is 1.22 bits per heavy atom. The van der Waals surface area contributed by atoms with Crippen LogP contribution in [0.5, 0.6) is 11.5 Å². The zero-order valence-electron chi connectivity index (χ0n) is 18.3. The summed E-state index contributed by atoms with van der Waals surface area (Å²) in [5, 5.41) is 25.1. The van der Waals surface area contributed by atoms with Gasteiger partial charge in [0.1, 0.15) is 0 Å². The van der Waals surface area contributed by atoms with Crippen LogP contribution < -0.4 is 10.1 Å². The Morgan fingerprint density at radius 3 is 2.59 bits per heavy atom. The summed E-state index contributed by atoms with van der Waals surface area (Å²) in [6.07, 6.45) is 4.64. The summed E-state index contributed by atoms with van der Waals surface area (Å²) < 4.78 is 5.19. The maximum absolute atomic E-state index is 13.6. The third kappa shape index (κ3) is 3.72. The number of dihydropyridines is 1. The molecule has 0 saturated carbocycles. The molecule has 1 fully saturated rings. The predicted octanol–water partition coefficient (Wildman–Crippen LogP) is 3.29. The Hall–Kier alpha value is -3.36. The lowest BCUT2D eigenvalue weighted by atomic mass is 9.74. The summed E-state index contributed by atoms with van der Waals surface area (Å²) >= 11 is 0. The van der Waals surface area contributed by atoms with E-state index in [0.29, 0.717) is 54.8 Å². The van der Waals surface area contributed by atoms with Crippen molar-refractivity contribution in [2.24, 2.45) is 0 Å². The molecule has 9 nitrogen and oxygen atoms in total. The quantitative estimate of drug-likeness (QED) is 0.543. The van der Waals surface area contributed by atoms with E-state index in [4.69, 9.17) is 4.74 Å². The van der Waals surface area contributed by atoms with E-state index >= 15 is 0 Å². The Bertz CT molecular complexity index is 1050. The number of allylic oxidation sites excluding steroid dienone is 3. The van der Waals surface area contributed by atoms with Gasteiger partial charge in [-0.25, -0.2) is 0 Å². The normalized spacial score (nSPS) is 21.2. The average molecular weight is 441 g/mol. The number of carbonyl (C=O) groups is 2. The first kappa shape index (κ1) is 21.9. The van der Waals surface area contributed by atoms with E-state index in [1.807, 2.05) is 0 Å². The minimum atomic E-state index is -0.762. The van der Waals surface area contributed by atoms with Gasteiger partial charge < -0.3 is 20.1 Å². The van der Waals surface area contributed by atoms with Crippen molar-refractivity contribution in [1.29, 1.82) is 0 Å². The maximum atomic E-state index is 13.6. The zero-order valence-corrected chi connectivity index (χ0v) is 18.3. The van der Waals surface area contributed by atoms with Gasteiger partial charge in [0.25, 0.3) is 5.91 Å². The molecule has 1 amide bonds. The molecule has 1 aromatic carbocycles. The lowest BCUT2D eigenvalue weighted by Gasteiger charge is -2.37. The fourth-order valence-electron chi connectivity index (χ4n) is 4.94. The number of likely N-dealkylation sites (tertiary alicyclic amines) is 1. The van der Waals surface area contributed by atoms with E-state index in [1.165, 1.54) is 19.2 Å². The van der Waals surface area contributed by atoms with Crippen LogP contribution in [0.25, 0.3) is 0 Å². The van der Waals surface area contributed by atoms with Crippen molar-refractivity contribution in [2.75, 3.05) is 20.2 Å². The van der Waals surface area contributed by atoms with Crippen LogP contribution in [-0.2, 0) is 9.59 Å². The molecule has 1 aliphatic carbocycles. The van der Waals surface area contributed by atoms with E-state index in [-0.39, 0.29) is 17.4 Å². The van der Waals surface area contributed by atoms with Gasteiger partial charge in [0.2, 0.25) is 5.75 Å². The first-order valence-corrected chi connectivity index (χ1v) is 10.9. The number of nitrogens with one attached hydrogen (secondary N) is 1. The highest BCUT2D eigenvalue weighted by Crippen LogP contribution is 2.47. The van der Waals surface area contributed by atoms with Gasteiger partial charge in [0.15, 0.2) is 11.5 Å². The molecular weight excluding hydrogens is 414 g/mol. The van der Waals surface area contributed by atoms with Crippen molar-refractivity contribution in [1.82, 2.24) is 10.2 Å². The number of hydrogen-bond acceptors (Lipinski definition) is 7. The lowest BCUT2D eigenvalue weighted by Crippen LogP contribution is -2.42. The van der Waals surface area contributed by atoms with Gasteiger partial charge in [-0.2, -0.15) is 0 Å². The zero-order chi connectivity index (χ0) is 23.0. The Labute approximate surface area is 185 Å². The molecule has 0 bridgehead atoms. The second-order valence-corrected chi connectivity index (χ2v) is 8.47. The number of rotatable bonds is 4. The molecule has 170 valence electrons. The molecule has 0 unspecified atom stereocenters. The van der Waals surface area contributed by atoms with Crippen molar-refractivity contribution in [2.45, 2.75) is 51.4 Å². The number of hydrogen-bond donors (Lipinski definition) is 2. The minimum absolute atomic E-state index is 0.0689. The van der Waals surface area contributed by atoms with Crippen LogP contribution >= 0.6 is 0 Å². The van der Waals surface area contributed by atoms with Crippen LogP contribution in [0.15, 0.2) is 34.7 Å². The molecular formula is C23H27N3O6. The number of carbonyl (C=O) groups excluding carboxylic acids is 2. The fraction of sp³-hybridized carbons (Fsp3) is 0.478. The number of ketones is 1. The summed E-state index contributed by atoms with van der Waals surface area (Å²) in [5.74, 6) is -1.65. The second kappa shape index (κ2) is 8.64. The predicted molar refractivity (Wildman–Crippen MR) is 116 cm³/mol. The Morgan fingerprint density at radius 2 is 1.94 bits per heavy atom. The van der Waals surface area contributed by atoms with Crippen LogP contribution in [0.2, 0.25) is 0 Å². The van der Waals surface area contributed by atoms with E-state index < -0.39 is 22.3 Å². The summed E-state index contributed by atoms with van der Waals surface area (Å²) in [6, 6.07) is 2.73.